The number of anilines is 1. The number of carbonyl (C=O) groups excluding carboxylic acids is 2. The highest BCUT2D eigenvalue weighted by Gasteiger charge is 2.34. The van der Waals surface area contributed by atoms with Crippen molar-refractivity contribution >= 4 is 17.5 Å². The molecule has 1 saturated heterocycles. The van der Waals surface area contributed by atoms with Gasteiger partial charge in [0.25, 0.3) is 11.8 Å². The van der Waals surface area contributed by atoms with Crippen LogP contribution < -0.4 is 15.0 Å². The van der Waals surface area contributed by atoms with Gasteiger partial charge >= 0.3 is 0 Å². The minimum Gasteiger partial charge on any atom is -0.493 e. The molecule has 194 valence electrons. The fraction of sp³-hybridized carbons (Fsp3) is 0.310. The molecule has 3 N–H and O–H groups in total. The van der Waals surface area contributed by atoms with Crippen LogP contribution in [0, 0.1) is 0 Å². The smallest absolute Gasteiger partial charge is 0.254 e. The second-order valence-electron chi connectivity index (χ2n) is 8.99. The van der Waals surface area contributed by atoms with Crippen LogP contribution in [0.4, 0.5) is 5.69 Å². The van der Waals surface area contributed by atoms with E-state index in [1.54, 1.807) is 0 Å². The van der Waals surface area contributed by atoms with E-state index in [4.69, 9.17) is 4.74 Å². The number of nitrogens with zero attached hydrogens (tertiary/aromatic N) is 2. The van der Waals surface area contributed by atoms with E-state index in [-0.39, 0.29) is 6.54 Å². The highest BCUT2D eigenvalue weighted by molar-refractivity contribution is 5.90. The largest absolute Gasteiger partial charge is 0.493 e. The number of aliphatic hydroxyl groups excluding tert-OH is 2. The molecule has 0 spiro atoms. The van der Waals surface area contributed by atoms with Crippen LogP contribution in [0.2, 0.25) is 0 Å². The van der Waals surface area contributed by atoms with E-state index < -0.39 is 24.0 Å². The van der Waals surface area contributed by atoms with Gasteiger partial charge in [0.05, 0.1) is 6.61 Å². The van der Waals surface area contributed by atoms with Crippen molar-refractivity contribution in [2.45, 2.75) is 25.2 Å². The van der Waals surface area contributed by atoms with Crippen LogP contribution >= 0.6 is 0 Å². The lowest BCUT2D eigenvalue weighted by atomic mass is 10.1. The van der Waals surface area contributed by atoms with Crippen LogP contribution in [-0.4, -0.2) is 71.9 Å². The lowest BCUT2D eigenvalue weighted by Gasteiger charge is -2.37. The van der Waals surface area contributed by atoms with Crippen molar-refractivity contribution in [2.24, 2.45) is 0 Å². The van der Waals surface area contributed by atoms with Gasteiger partial charge in [0.15, 0.2) is 12.2 Å². The molecule has 1 heterocycles. The molecule has 2 atom stereocenters. The summed E-state index contributed by atoms with van der Waals surface area (Å²) in [5.41, 5.74) is 3.03. The summed E-state index contributed by atoms with van der Waals surface area (Å²) in [4.78, 5) is 28.8. The zero-order chi connectivity index (χ0) is 26.0. The van der Waals surface area contributed by atoms with E-state index >= 15 is 0 Å². The Morgan fingerprint density at radius 3 is 2.16 bits per heavy atom. The number of carbonyl (C=O) groups is 2. The predicted octanol–water partition coefficient (Wildman–Crippen LogP) is 1.99. The Labute approximate surface area is 217 Å². The van der Waals surface area contributed by atoms with Crippen LogP contribution in [0.3, 0.4) is 0 Å². The van der Waals surface area contributed by atoms with Crippen molar-refractivity contribution < 1.29 is 24.5 Å². The highest BCUT2D eigenvalue weighted by atomic mass is 16.5. The van der Waals surface area contributed by atoms with E-state index in [9.17, 15) is 19.8 Å². The second-order valence-corrected chi connectivity index (χ2v) is 8.99. The van der Waals surface area contributed by atoms with Gasteiger partial charge in [-0.1, -0.05) is 60.7 Å². The summed E-state index contributed by atoms with van der Waals surface area (Å²) in [6.45, 7) is 2.66. The molecular formula is C29H33N3O5. The maximum absolute atomic E-state index is 12.7. The Kier molecular flexibility index (Phi) is 9.13. The number of hydrogen-bond acceptors (Lipinski definition) is 6. The molecule has 1 aliphatic rings. The summed E-state index contributed by atoms with van der Waals surface area (Å²) in [6, 6.07) is 27.2. The average Bonchev–Trinajstić information content (AvgIpc) is 2.96. The third-order valence-corrected chi connectivity index (χ3v) is 6.40. The van der Waals surface area contributed by atoms with Crippen LogP contribution in [0.5, 0.6) is 5.75 Å². The van der Waals surface area contributed by atoms with Gasteiger partial charge in [-0.05, 0) is 35.4 Å². The summed E-state index contributed by atoms with van der Waals surface area (Å²) in [5, 5.41) is 23.3. The third kappa shape index (κ3) is 7.31. The van der Waals surface area contributed by atoms with E-state index in [1.807, 2.05) is 84.9 Å². The molecule has 0 unspecified atom stereocenters. The Hall–Kier alpha value is -3.88. The molecule has 3 aromatic rings. The zero-order valence-electron chi connectivity index (χ0n) is 20.7. The Bertz CT molecular complexity index is 1150. The number of ether oxygens (including phenoxy) is 1. The van der Waals surface area contributed by atoms with Crippen LogP contribution in [0.25, 0.3) is 0 Å². The summed E-state index contributed by atoms with van der Waals surface area (Å²) < 4.78 is 5.82. The molecule has 0 saturated carbocycles. The number of para-hydroxylation sites is 1. The van der Waals surface area contributed by atoms with Crippen molar-refractivity contribution in [3.63, 3.8) is 0 Å². The van der Waals surface area contributed by atoms with Crippen molar-refractivity contribution in [1.29, 1.82) is 0 Å². The Balaban J connectivity index is 1.21. The molecule has 0 aromatic heterocycles. The Morgan fingerprint density at radius 1 is 0.811 bits per heavy atom. The maximum atomic E-state index is 12.7. The molecule has 3 aromatic carbocycles. The molecule has 2 amide bonds. The first-order valence-corrected chi connectivity index (χ1v) is 12.5. The van der Waals surface area contributed by atoms with Gasteiger partial charge in [0, 0.05) is 44.8 Å². The van der Waals surface area contributed by atoms with Crippen molar-refractivity contribution in [3.8, 4) is 5.75 Å². The number of aliphatic hydroxyl groups is 2. The van der Waals surface area contributed by atoms with E-state index in [2.05, 4.69) is 10.2 Å². The molecule has 8 nitrogen and oxygen atoms in total. The standard InChI is InChI=1S/C29H33N3O5/c33-26(27(34)29(36)32-17-15-31(16-18-32)24-11-5-2-6-12-24)28(35)30-21-23-10-7-13-25(20-23)37-19-14-22-8-3-1-4-9-22/h1-13,20,26-27,33-34H,14-19,21H2,(H,30,35)/t26-,27-/m1/s1. The number of piperazine rings is 1. The first-order chi connectivity index (χ1) is 18.0. The summed E-state index contributed by atoms with van der Waals surface area (Å²) in [7, 11) is 0. The molecule has 0 bridgehead atoms. The normalized spacial score (nSPS) is 15.1. The Morgan fingerprint density at radius 2 is 1.46 bits per heavy atom. The van der Waals surface area contributed by atoms with Crippen LogP contribution in [0.15, 0.2) is 84.9 Å². The average molecular weight is 504 g/mol. The third-order valence-electron chi connectivity index (χ3n) is 6.40. The van der Waals surface area contributed by atoms with E-state index in [0.29, 0.717) is 38.5 Å². The monoisotopic (exact) mass is 503 g/mol. The summed E-state index contributed by atoms with van der Waals surface area (Å²) >= 11 is 0. The topological polar surface area (TPSA) is 102 Å². The fourth-order valence-electron chi connectivity index (χ4n) is 4.26. The van der Waals surface area contributed by atoms with Crippen molar-refractivity contribution in [1.82, 2.24) is 10.2 Å². The second kappa shape index (κ2) is 12.9. The van der Waals surface area contributed by atoms with Gasteiger partial charge < -0.3 is 30.1 Å². The van der Waals surface area contributed by atoms with Crippen LogP contribution in [-0.2, 0) is 22.6 Å². The van der Waals surface area contributed by atoms with Gasteiger partial charge in [-0.3, -0.25) is 9.59 Å². The van der Waals surface area contributed by atoms with Gasteiger partial charge in [-0.2, -0.15) is 0 Å². The van der Waals surface area contributed by atoms with Crippen molar-refractivity contribution in [3.05, 3.63) is 96.1 Å². The van der Waals surface area contributed by atoms with Crippen LogP contribution in [0.1, 0.15) is 11.1 Å². The molecule has 8 heteroatoms. The maximum Gasteiger partial charge on any atom is 0.254 e. The number of hydrogen-bond donors (Lipinski definition) is 3. The molecule has 1 aliphatic heterocycles. The lowest BCUT2D eigenvalue weighted by Crippen LogP contribution is -2.55. The minimum absolute atomic E-state index is 0.127. The summed E-state index contributed by atoms with van der Waals surface area (Å²) in [6.07, 6.45) is -2.90. The molecule has 4 rings (SSSR count). The first-order valence-electron chi connectivity index (χ1n) is 12.5. The fourth-order valence-corrected chi connectivity index (χ4v) is 4.26. The number of amides is 2. The highest BCUT2D eigenvalue weighted by Crippen LogP contribution is 2.17. The minimum atomic E-state index is -1.86. The van der Waals surface area contributed by atoms with Gasteiger partial charge in [0.2, 0.25) is 0 Å². The molecule has 37 heavy (non-hydrogen) atoms. The molecular weight excluding hydrogens is 470 g/mol. The van der Waals surface area contributed by atoms with E-state index in [0.717, 1.165) is 17.7 Å². The quantitative estimate of drug-likeness (QED) is 0.391. The molecule has 0 radical (unpaired) electrons. The number of nitrogens with one attached hydrogen (secondary N) is 1. The molecule has 0 aliphatic carbocycles. The summed E-state index contributed by atoms with van der Waals surface area (Å²) in [5.74, 6) is -0.781. The van der Waals surface area contributed by atoms with Crippen molar-refractivity contribution in [2.75, 3.05) is 37.7 Å². The lowest BCUT2D eigenvalue weighted by molar-refractivity contribution is -0.153. The SMILES string of the molecule is O=C(NCc1cccc(OCCc2ccccc2)c1)[C@H](O)[C@@H](O)C(=O)N1CCN(c2ccccc2)CC1. The number of rotatable bonds is 10. The van der Waals surface area contributed by atoms with Gasteiger partial charge in [-0.15, -0.1) is 0 Å². The van der Waals surface area contributed by atoms with Gasteiger partial charge in [-0.25, -0.2) is 0 Å². The zero-order valence-corrected chi connectivity index (χ0v) is 20.7. The molecule has 1 fully saturated rings. The predicted molar refractivity (Wildman–Crippen MR) is 141 cm³/mol. The first kappa shape index (κ1) is 26.2. The van der Waals surface area contributed by atoms with Gasteiger partial charge in [0.1, 0.15) is 5.75 Å². The number of benzene rings is 3. The van der Waals surface area contributed by atoms with E-state index in [1.165, 1.54) is 10.5 Å².